The molecule has 0 aliphatic rings. The van der Waals surface area contributed by atoms with Gasteiger partial charge in [0.15, 0.2) is 0 Å². The van der Waals surface area contributed by atoms with Crippen molar-refractivity contribution in [3.63, 3.8) is 0 Å². The van der Waals surface area contributed by atoms with Gasteiger partial charge in [0.1, 0.15) is 0 Å². The van der Waals surface area contributed by atoms with E-state index >= 15 is 0 Å². The molecule has 0 bridgehead atoms. The predicted octanol–water partition coefficient (Wildman–Crippen LogP) is 3.14. The standard InChI is InChI=1S/C16H14N2O2/c1-2-12-8-14(11-16(10-12)18(19)20)7-6-13-4-3-5-15(17)9-13/h3-5,8-11H,2,17H2,1H3. The third kappa shape index (κ3) is 3.36. The number of nitrogens with zero attached hydrogens (tertiary/aromatic N) is 1. The third-order valence-electron chi connectivity index (χ3n) is 2.83. The fraction of sp³-hybridized carbons (Fsp3) is 0.125. The molecule has 4 nitrogen and oxygen atoms in total. The molecule has 2 aromatic rings. The Morgan fingerprint density at radius 1 is 1.15 bits per heavy atom. The first-order chi connectivity index (χ1) is 9.58. The summed E-state index contributed by atoms with van der Waals surface area (Å²) in [5.74, 6) is 5.91. The van der Waals surface area contributed by atoms with Crippen LogP contribution in [-0.4, -0.2) is 4.92 Å². The van der Waals surface area contributed by atoms with Crippen molar-refractivity contribution in [2.24, 2.45) is 0 Å². The van der Waals surface area contributed by atoms with Gasteiger partial charge in [0.05, 0.1) is 4.92 Å². The Morgan fingerprint density at radius 2 is 1.90 bits per heavy atom. The summed E-state index contributed by atoms with van der Waals surface area (Å²) in [5.41, 5.74) is 8.72. The molecule has 0 atom stereocenters. The summed E-state index contributed by atoms with van der Waals surface area (Å²) < 4.78 is 0. The Balaban J connectivity index is 2.39. The summed E-state index contributed by atoms with van der Waals surface area (Å²) in [6.07, 6.45) is 0.731. The van der Waals surface area contributed by atoms with E-state index in [-0.39, 0.29) is 5.69 Å². The number of rotatable bonds is 2. The molecule has 0 fully saturated rings. The average molecular weight is 266 g/mol. The lowest BCUT2D eigenvalue weighted by atomic mass is 10.1. The minimum absolute atomic E-state index is 0.0706. The zero-order valence-electron chi connectivity index (χ0n) is 11.1. The highest BCUT2D eigenvalue weighted by Gasteiger charge is 2.07. The van der Waals surface area contributed by atoms with Crippen LogP contribution in [-0.2, 0) is 6.42 Å². The summed E-state index contributed by atoms with van der Waals surface area (Å²) in [6.45, 7) is 1.95. The van der Waals surface area contributed by atoms with Crippen molar-refractivity contribution in [2.45, 2.75) is 13.3 Å². The van der Waals surface area contributed by atoms with Gasteiger partial charge in [-0.05, 0) is 36.2 Å². The van der Waals surface area contributed by atoms with Crippen LogP contribution >= 0.6 is 0 Å². The second kappa shape index (κ2) is 5.89. The highest BCUT2D eigenvalue weighted by atomic mass is 16.6. The van der Waals surface area contributed by atoms with E-state index in [0.29, 0.717) is 11.3 Å². The Kier molecular flexibility index (Phi) is 4.02. The molecule has 2 aromatic carbocycles. The monoisotopic (exact) mass is 266 g/mol. The van der Waals surface area contributed by atoms with Crippen molar-refractivity contribution < 1.29 is 4.92 Å². The van der Waals surface area contributed by atoms with Crippen LogP contribution < -0.4 is 5.73 Å². The number of non-ortho nitro benzene ring substituents is 1. The Morgan fingerprint density at radius 3 is 2.55 bits per heavy atom. The molecule has 0 aromatic heterocycles. The molecular formula is C16H14N2O2. The summed E-state index contributed by atoms with van der Waals surface area (Å²) in [4.78, 5) is 10.5. The van der Waals surface area contributed by atoms with Crippen LogP contribution in [0.5, 0.6) is 0 Å². The van der Waals surface area contributed by atoms with Crippen LogP contribution in [0.25, 0.3) is 0 Å². The zero-order chi connectivity index (χ0) is 14.5. The molecular weight excluding hydrogens is 252 g/mol. The van der Waals surface area contributed by atoms with Gasteiger partial charge >= 0.3 is 0 Å². The largest absolute Gasteiger partial charge is 0.399 e. The van der Waals surface area contributed by atoms with Gasteiger partial charge in [-0.2, -0.15) is 0 Å². The number of hydrogen-bond acceptors (Lipinski definition) is 3. The first kappa shape index (κ1) is 13.6. The summed E-state index contributed by atoms with van der Waals surface area (Å²) >= 11 is 0. The van der Waals surface area contributed by atoms with E-state index in [1.807, 2.05) is 25.1 Å². The van der Waals surface area contributed by atoms with Crippen molar-refractivity contribution in [3.8, 4) is 11.8 Å². The first-order valence-electron chi connectivity index (χ1n) is 6.24. The fourth-order valence-electron chi connectivity index (χ4n) is 1.82. The van der Waals surface area contributed by atoms with Gasteiger partial charge < -0.3 is 5.73 Å². The summed E-state index contributed by atoms with van der Waals surface area (Å²) in [5, 5.41) is 10.9. The molecule has 0 unspecified atom stereocenters. The molecule has 100 valence electrons. The maximum absolute atomic E-state index is 10.9. The molecule has 0 aliphatic carbocycles. The van der Waals surface area contributed by atoms with Crippen molar-refractivity contribution >= 4 is 11.4 Å². The Bertz CT molecular complexity index is 712. The normalized spacial score (nSPS) is 9.65. The van der Waals surface area contributed by atoms with Gasteiger partial charge in [0.25, 0.3) is 5.69 Å². The molecule has 0 spiro atoms. The lowest BCUT2D eigenvalue weighted by Gasteiger charge is -1.99. The first-order valence-corrected chi connectivity index (χ1v) is 6.24. The van der Waals surface area contributed by atoms with E-state index in [1.165, 1.54) is 6.07 Å². The zero-order valence-corrected chi connectivity index (χ0v) is 11.1. The molecule has 0 heterocycles. The van der Waals surface area contributed by atoms with E-state index in [0.717, 1.165) is 17.5 Å². The summed E-state index contributed by atoms with van der Waals surface area (Å²) in [7, 11) is 0. The van der Waals surface area contributed by atoms with Gasteiger partial charge in [-0.15, -0.1) is 0 Å². The molecule has 0 radical (unpaired) electrons. The third-order valence-corrected chi connectivity index (χ3v) is 2.83. The van der Waals surface area contributed by atoms with Crippen LogP contribution in [0, 0.1) is 22.0 Å². The van der Waals surface area contributed by atoms with E-state index in [1.54, 1.807) is 18.2 Å². The number of nitro groups is 1. The molecule has 0 saturated heterocycles. The van der Waals surface area contributed by atoms with E-state index in [4.69, 9.17) is 5.73 Å². The van der Waals surface area contributed by atoms with Gasteiger partial charge in [0.2, 0.25) is 0 Å². The van der Waals surface area contributed by atoms with Crippen LogP contribution in [0.1, 0.15) is 23.6 Å². The Hall–Kier alpha value is -2.80. The smallest absolute Gasteiger partial charge is 0.270 e. The minimum Gasteiger partial charge on any atom is -0.399 e. The number of anilines is 1. The number of aryl methyl sites for hydroxylation is 1. The molecule has 2 N–H and O–H groups in total. The maximum atomic E-state index is 10.9. The van der Waals surface area contributed by atoms with E-state index in [2.05, 4.69) is 11.8 Å². The average Bonchev–Trinajstić information content (AvgIpc) is 2.45. The molecule has 20 heavy (non-hydrogen) atoms. The molecule has 0 amide bonds. The number of hydrogen-bond donors (Lipinski definition) is 1. The van der Waals surface area contributed by atoms with Crippen molar-refractivity contribution in [1.29, 1.82) is 0 Å². The molecule has 2 rings (SSSR count). The van der Waals surface area contributed by atoms with Crippen molar-refractivity contribution in [3.05, 3.63) is 69.3 Å². The lowest BCUT2D eigenvalue weighted by molar-refractivity contribution is -0.384. The fourth-order valence-corrected chi connectivity index (χ4v) is 1.82. The van der Waals surface area contributed by atoms with Crippen LogP contribution in [0.4, 0.5) is 11.4 Å². The topological polar surface area (TPSA) is 69.2 Å². The molecule has 0 saturated carbocycles. The molecule has 0 aliphatic heterocycles. The van der Waals surface area contributed by atoms with E-state index < -0.39 is 4.92 Å². The highest BCUT2D eigenvalue weighted by molar-refractivity contribution is 5.52. The molecule has 4 heteroatoms. The Labute approximate surface area is 117 Å². The van der Waals surface area contributed by atoms with Gasteiger partial charge in [-0.1, -0.05) is 24.8 Å². The van der Waals surface area contributed by atoms with Gasteiger partial charge in [0, 0.05) is 28.9 Å². The second-order valence-electron chi connectivity index (χ2n) is 4.37. The van der Waals surface area contributed by atoms with Crippen molar-refractivity contribution in [2.75, 3.05) is 5.73 Å². The van der Waals surface area contributed by atoms with Gasteiger partial charge in [-0.25, -0.2) is 0 Å². The lowest BCUT2D eigenvalue weighted by Crippen LogP contribution is -1.92. The highest BCUT2D eigenvalue weighted by Crippen LogP contribution is 2.17. The minimum atomic E-state index is -0.398. The quantitative estimate of drug-likeness (QED) is 0.393. The maximum Gasteiger partial charge on any atom is 0.270 e. The number of nitrogen functional groups attached to an aromatic ring is 1. The SMILES string of the molecule is CCc1cc(C#Cc2cccc(N)c2)cc([N+](=O)[O-])c1. The number of nitro benzene ring substituents is 1. The van der Waals surface area contributed by atoms with Crippen LogP contribution in [0.3, 0.4) is 0 Å². The van der Waals surface area contributed by atoms with Crippen molar-refractivity contribution in [1.82, 2.24) is 0 Å². The number of nitrogens with two attached hydrogens (primary N) is 1. The van der Waals surface area contributed by atoms with Crippen LogP contribution in [0.2, 0.25) is 0 Å². The predicted molar refractivity (Wildman–Crippen MR) is 79.3 cm³/mol. The number of benzene rings is 2. The summed E-state index contributed by atoms with van der Waals surface area (Å²) in [6, 6.07) is 12.2. The van der Waals surface area contributed by atoms with Crippen LogP contribution in [0.15, 0.2) is 42.5 Å². The van der Waals surface area contributed by atoms with E-state index in [9.17, 15) is 10.1 Å². The van der Waals surface area contributed by atoms with Gasteiger partial charge in [-0.3, -0.25) is 10.1 Å². The second-order valence-corrected chi connectivity index (χ2v) is 4.37.